The van der Waals surface area contributed by atoms with Crippen LogP contribution in [0.2, 0.25) is 0 Å². The maximum absolute atomic E-state index is 12.9. The molecule has 0 saturated heterocycles. The van der Waals surface area contributed by atoms with E-state index in [2.05, 4.69) is 10.3 Å². The molecule has 0 radical (unpaired) electrons. The van der Waals surface area contributed by atoms with Crippen LogP contribution in [0, 0.1) is 5.41 Å². The highest BCUT2D eigenvalue weighted by Crippen LogP contribution is 2.60. The smallest absolute Gasteiger partial charge is 0.355 e. The summed E-state index contributed by atoms with van der Waals surface area (Å²) < 4.78 is 25.8. The zero-order valence-electron chi connectivity index (χ0n) is 9.37. The first-order valence-electron chi connectivity index (χ1n) is 5.10. The van der Waals surface area contributed by atoms with Gasteiger partial charge in [-0.05, 0) is 6.92 Å². The first-order chi connectivity index (χ1) is 8.26. The molecule has 1 atom stereocenters. The van der Waals surface area contributed by atoms with Gasteiger partial charge in [-0.2, -0.15) is 0 Å². The number of thiazole rings is 1. The Morgan fingerprint density at radius 1 is 1.61 bits per heavy atom. The third-order valence-electron chi connectivity index (χ3n) is 2.93. The molecule has 1 saturated carbocycles. The third kappa shape index (κ3) is 2.07. The first-order valence-corrected chi connectivity index (χ1v) is 5.98. The zero-order valence-corrected chi connectivity index (χ0v) is 10.2. The lowest BCUT2D eigenvalue weighted by atomic mass is 10.1. The Morgan fingerprint density at radius 2 is 2.22 bits per heavy atom. The summed E-state index contributed by atoms with van der Waals surface area (Å²) in [6.07, 6.45) is -0.454. The Bertz CT molecular complexity index is 517. The quantitative estimate of drug-likeness (QED) is 0.873. The number of nitrogens with zero attached hydrogens (tertiary/aromatic N) is 1. The normalized spacial score (nSPS) is 24.6. The van der Waals surface area contributed by atoms with Crippen LogP contribution in [-0.2, 0) is 11.3 Å². The molecule has 8 heteroatoms. The van der Waals surface area contributed by atoms with Crippen molar-refractivity contribution in [1.29, 1.82) is 0 Å². The second kappa shape index (κ2) is 3.98. The van der Waals surface area contributed by atoms with Gasteiger partial charge in [0.15, 0.2) is 5.69 Å². The van der Waals surface area contributed by atoms with Gasteiger partial charge in [-0.1, -0.05) is 0 Å². The van der Waals surface area contributed by atoms with Crippen molar-refractivity contribution in [1.82, 2.24) is 10.3 Å². The first kappa shape index (κ1) is 12.9. The molecule has 0 aromatic carbocycles. The minimum absolute atomic E-state index is 0.0392. The molecule has 1 aliphatic rings. The molecule has 18 heavy (non-hydrogen) atoms. The van der Waals surface area contributed by atoms with Crippen LogP contribution >= 0.6 is 11.3 Å². The van der Waals surface area contributed by atoms with Crippen LogP contribution in [-0.4, -0.2) is 27.9 Å². The van der Waals surface area contributed by atoms with Gasteiger partial charge in [0.05, 0.1) is 6.54 Å². The van der Waals surface area contributed by atoms with Crippen molar-refractivity contribution in [3.63, 3.8) is 0 Å². The molecule has 1 amide bonds. The van der Waals surface area contributed by atoms with E-state index in [1.807, 2.05) is 0 Å². The average Bonchev–Trinajstić information content (AvgIpc) is 2.68. The van der Waals surface area contributed by atoms with E-state index in [9.17, 15) is 18.4 Å². The number of alkyl halides is 2. The molecular formula is C10H10F2N2O3S. The largest absolute Gasteiger partial charge is 0.476 e. The Kier molecular flexibility index (Phi) is 2.84. The highest BCUT2D eigenvalue weighted by Gasteiger charge is 2.72. The van der Waals surface area contributed by atoms with Crippen LogP contribution in [0.5, 0.6) is 0 Å². The van der Waals surface area contributed by atoms with Gasteiger partial charge in [0.25, 0.3) is 5.92 Å². The van der Waals surface area contributed by atoms with E-state index >= 15 is 0 Å². The molecule has 0 aliphatic heterocycles. The summed E-state index contributed by atoms with van der Waals surface area (Å²) in [6.45, 7) is 1.16. The number of rotatable bonds is 4. The maximum atomic E-state index is 12.9. The van der Waals surface area contributed by atoms with Crippen molar-refractivity contribution in [2.24, 2.45) is 5.41 Å². The van der Waals surface area contributed by atoms with E-state index in [0.29, 0.717) is 5.01 Å². The van der Waals surface area contributed by atoms with Crippen LogP contribution < -0.4 is 5.32 Å². The molecule has 98 valence electrons. The number of aromatic carboxylic acids is 1. The summed E-state index contributed by atoms with van der Waals surface area (Å²) in [5.74, 6) is -4.85. The molecule has 1 unspecified atom stereocenters. The molecule has 1 aliphatic carbocycles. The zero-order chi connectivity index (χ0) is 13.6. The number of carboxylic acids is 1. The fourth-order valence-electron chi connectivity index (χ4n) is 1.49. The van der Waals surface area contributed by atoms with E-state index in [-0.39, 0.29) is 12.2 Å². The number of hydrogen-bond donors (Lipinski definition) is 2. The Morgan fingerprint density at radius 3 is 2.67 bits per heavy atom. The van der Waals surface area contributed by atoms with Crippen molar-refractivity contribution in [2.45, 2.75) is 25.8 Å². The second-order valence-corrected chi connectivity index (χ2v) is 5.27. The van der Waals surface area contributed by atoms with Crippen molar-refractivity contribution in [2.75, 3.05) is 0 Å². The lowest BCUT2D eigenvalue weighted by Gasteiger charge is -2.09. The second-order valence-electron chi connectivity index (χ2n) is 4.33. The molecule has 5 nitrogen and oxygen atoms in total. The monoisotopic (exact) mass is 276 g/mol. The standard InChI is InChI=1S/C10H10F2N2O3S/c1-9(4-10(9,11)12)8(17)13-2-6-14-5(3-18-6)7(15)16/h3H,2,4H2,1H3,(H,13,17)(H,15,16). The van der Waals surface area contributed by atoms with Crippen LogP contribution in [0.1, 0.15) is 28.8 Å². The average molecular weight is 276 g/mol. The highest BCUT2D eigenvalue weighted by atomic mass is 32.1. The molecule has 0 bridgehead atoms. The van der Waals surface area contributed by atoms with Gasteiger partial charge in [0.1, 0.15) is 10.4 Å². The summed E-state index contributed by atoms with van der Waals surface area (Å²) in [6, 6.07) is 0. The van der Waals surface area contributed by atoms with Gasteiger partial charge in [0.2, 0.25) is 5.91 Å². The Balaban J connectivity index is 1.92. The van der Waals surface area contributed by atoms with E-state index in [4.69, 9.17) is 5.11 Å². The van der Waals surface area contributed by atoms with Gasteiger partial charge in [0, 0.05) is 11.8 Å². The predicted molar refractivity (Wildman–Crippen MR) is 58.6 cm³/mol. The minimum Gasteiger partial charge on any atom is -0.476 e. The fraction of sp³-hybridized carbons (Fsp3) is 0.500. The highest BCUT2D eigenvalue weighted by molar-refractivity contribution is 7.09. The van der Waals surface area contributed by atoms with E-state index in [1.54, 1.807) is 0 Å². The molecule has 0 spiro atoms. The number of amides is 1. The van der Waals surface area contributed by atoms with Crippen molar-refractivity contribution >= 4 is 23.2 Å². The molecule has 1 heterocycles. The number of carbonyl (C=O) groups excluding carboxylic acids is 1. The number of carboxylic acid groups (broad SMARTS) is 1. The van der Waals surface area contributed by atoms with Crippen molar-refractivity contribution < 1.29 is 23.5 Å². The number of hydrogen-bond acceptors (Lipinski definition) is 4. The topological polar surface area (TPSA) is 79.3 Å². The molecule has 1 aromatic rings. The molecule has 1 aromatic heterocycles. The van der Waals surface area contributed by atoms with Gasteiger partial charge < -0.3 is 10.4 Å². The Labute approximate surface area is 105 Å². The number of halogens is 2. The number of carbonyl (C=O) groups is 2. The number of nitrogens with one attached hydrogen (secondary N) is 1. The minimum atomic E-state index is -2.95. The lowest BCUT2D eigenvalue weighted by Crippen LogP contribution is -2.33. The molecule has 2 rings (SSSR count). The van der Waals surface area contributed by atoms with Crippen LogP contribution in [0.25, 0.3) is 0 Å². The molecule has 2 N–H and O–H groups in total. The van der Waals surface area contributed by atoms with Crippen LogP contribution in [0.15, 0.2) is 5.38 Å². The Hall–Kier alpha value is -1.57. The predicted octanol–water partition coefficient (Wildman–Crippen LogP) is 1.50. The van der Waals surface area contributed by atoms with Crippen LogP contribution in [0.4, 0.5) is 8.78 Å². The maximum Gasteiger partial charge on any atom is 0.355 e. The van der Waals surface area contributed by atoms with Crippen molar-refractivity contribution in [3.05, 3.63) is 16.1 Å². The van der Waals surface area contributed by atoms with Gasteiger partial charge in [-0.15, -0.1) is 11.3 Å². The molecule has 1 fully saturated rings. The van der Waals surface area contributed by atoms with E-state index < -0.39 is 29.6 Å². The number of aromatic nitrogens is 1. The molecular weight excluding hydrogens is 266 g/mol. The summed E-state index contributed by atoms with van der Waals surface area (Å²) >= 11 is 1.06. The SMILES string of the molecule is CC1(C(=O)NCc2nc(C(=O)O)cs2)CC1(F)F. The summed E-state index contributed by atoms with van der Waals surface area (Å²) in [4.78, 5) is 25.8. The van der Waals surface area contributed by atoms with Crippen molar-refractivity contribution in [3.8, 4) is 0 Å². The summed E-state index contributed by atoms with van der Waals surface area (Å²) in [5, 5.41) is 12.7. The van der Waals surface area contributed by atoms with Crippen LogP contribution in [0.3, 0.4) is 0 Å². The van der Waals surface area contributed by atoms with E-state index in [0.717, 1.165) is 11.3 Å². The van der Waals surface area contributed by atoms with Gasteiger partial charge in [-0.25, -0.2) is 18.6 Å². The van der Waals surface area contributed by atoms with Gasteiger partial charge in [-0.3, -0.25) is 4.79 Å². The summed E-state index contributed by atoms with van der Waals surface area (Å²) in [7, 11) is 0. The fourth-order valence-corrected chi connectivity index (χ4v) is 2.20. The summed E-state index contributed by atoms with van der Waals surface area (Å²) in [5.41, 5.74) is -1.76. The van der Waals surface area contributed by atoms with E-state index in [1.165, 1.54) is 12.3 Å². The lowest BCUT2D eigenvalue weighted by molar-refractivity contribution is -0.129. The third-order valence-corrected chi connectivity index (χ3v) is 3.78. The van der Waals surface area contributed by atoms with Gasteiger partial charge >= 0.3 is 5.97 Å².